The Morgan fingerprint density at radius 2 is 2.07 bits per heavy atom. The van der Waals surface area contributed by atoms with E-state index in [2.05, 4.69) is 15.5 Å². The molecule has 0 radical (unpaired) electrons. The van der Waals surface area contributed by atoms with Gasteiger partial charge in [0.1, 0.15) is 5.69 Å². The molecule has 30 heavy (non-hydrogen) atoms. The lowest BCUT2D eigenvalue weighted by molar-refractivity contribution is -0.120. The Morgan fingerprint density at radius 1 is 1.27 bits per heavy atom. The number of thiophene rings is 1. The molecule has 0 saturated carbocycles. The number of rotatable bonds is 6. The lowest BCUT2D eigenvalue weighted by atomic mass is 9.97. The molecule has 0 atom stereocenters. The van der Waals surface area contributed by atoms with Gasteiger partial charge in [0.15, 0.2) is 15.8 Å². The van der Waals surface area contributed by atoms with Gasteiger partial charge in [0.2, 0.25) is 15.9 Å². The monoisotopic (exact) mass is 464 g/mol. The molecule has 4 rings (SSSR count). The summed E-state index contributed by atoms with van der Waals surface area (Å²) in [5.74, 6) is -0.158. The third-order valence-electron chi connectivity index (χ3n) is 4.86. The highest BCUT2D eigenvalue weighted by Crippen LogP contribution is 2.30. The van der Waals surface area contributed by atoms with Crippen LogP contribution in [0.4, 0.5) is 5.13 Å². The van der Waals surface area contributed by atoms with Gasteiger partial charge in [-0.15, -0.1) is 22.7 Å². The number of aryl methyl sites for hydroxylation is 1. The number of sulfonamides is 1. The second kappa shape index (κ2) is 8.80. The van der Waals surface area contributed by atoms with Crippen molar-refractivity contribution < 1.29 is 17.7 Å². The number of amides is 1. The molecule has 0 bridgehead atoms. The van der Waals surface area contributed by atoms with Crippen LogP contribution in [-0.4, -0.2) is 41.9 Å². The van der Waals surface area contributed by atoms with Crippen molar-refractivity contribution >= 4 is 55.9 Å². The number of carbonyl (C=O) groups is 1. The maximum Gasteiger partial charge on any atom is 0.248 e. The predicted molar refractivity (Wildman–Crippen MR) is 117 cm³/mol. The topological polar surface area (TPSA) is 105 Å². The number of thiazole rings is 1. The van der Waals surface area contributed by atoms with E-state index in [1.54, 1.807) is 42.0 Å². The Kier molecular flexibility index (Phi) is 6.14. The van der Waals surface area contributed by atoms with Crippen LogP contribution in [0, 0.1) is 12.8 Å². The van der Waals surface area contributed by atoms with E-state index in [4.69, 9.17) is 4.52 Å². The third-order valence-corrected chi connectivity index (χ3v) is 8.44. The number of piperidine rings is 1. The van der Waals surface area contributed by atoms with Crippen LogP contribution >= 0.6 is 22.7 Å². The molecule has 0 aliphatic carbocycles. The average Bonchev–Trinajstić information content (AvgIpc) is 3.49. The SMILES string of the molecule is Cc1noc(/C=C/c2cccs2)c1S(=O)(=O)N1CCC(C(=O)Nc2nccs2)CC1. The number of anilines is 1. The van der Waals surface area contributed by atoms with Crippen molar-refractivity contribution in [3.8, 4) is 0 Å². The number of nitrogens with one attached hydrogen (secondary N) is 1. The highest BCUT2D eigenvalue weighted by atomic mass is 32.2. The summed E-state index contributed by atoms with van der Waals surface area (Å²) >= 11 is 2.90. The first-order valence-corrected chi connectivity index (χ1v) is 12.5. The Hall–Kier alpha value is -2.34. The normalized spacial score (nSPS) is 16.3. The van der Waals surface area contributed by atoms with E-state index in [9.17, 15) is 13.2 Å². The predicted octanol–water partition coefficient (Wildman–Crippen LogP) is 3.71. The fraction of sp³-hybridized carbons (Fsp3) is 0.316. The standard InChI is InChI=1S/C19H20N4O4S3/c1-13-17(16(27-22-13)5-4-15-3-2-11-28-15)30(25,26)23-9-6-14(7-10-23)18(24)21-19-20-8-12-29-19/h2-5,8,11-12,14H,6-7,9-10H2,1H3,(H,20,21,24)/b5-4+. The van der Waals surface area contributed by atoms with Gasteiger partial charge in [-0.2, -0.15) is 4.31 Å². The molecule has 3 aromatic rings. The van der Waals surface area contributed by atoms with Gasteiger partial charge in [-0.3, -0.25) is 4.79 Å². The summed E-state index contributed by atoms with van der Waals surface area (Å²) in [4.78, 5) is 17.5. The van der Waals surface area contributed by atoms with Crippen molar-refractivity contribution in [1.82, 2.24) is 14.4 Å². The van der Waals surface area contributed by atoms with Crippen molar-refractivity contribution in [3.63, 3.8) is 0 Å². The van der Waals surface area contributed by atoms with E-state index in [1.807, 2.05) is 17.5 Å². The quantitative estimate of drug-likeness (QED) is 0.596. The molecule has 158 valence electrons. The lowest BCUT2D eigenvalue weighted by Gasteiger charge is -2.30. The van der Waals surface area contributed by atoms with Gasteiger partial charge in [-0.1, -0.05) is 11.2 Å². The largest absolute Gasteiger partial charge is 0.355 e. The molecule has 0 unspecified atom stereocenters. The number of hydrogen-bond acceptors (Lipinski definition) is 8. The van der Waals surface area contributed by atoms with E-state index in [1.165, 1.54) is 15.6 Å². The molecule has 0 spiro atoms. The maximum absolute atomic E-state index is 13.3. The molecular formula is C19H20N4O4S3. The fourth-order valence-electron chi connectivity index (χ4n) is 3.32. The minimum Gasteiger partial charge on any atom is -0.355 e. The van der Waals surface area contributed by atoms with Gasteiger partial charge < -0.3 is 9.84 Å². The number of aromatic nitrogens is 2. The molecule has 1 N–H and O–H groups in total. The Balaban J connectivity index is 1.46. The highest BCUT2D eigenvalue weighted by Gasteiger charge is 2.36. The van der Waals surface area contributed by atoms with Crippen molar-refractivity contribution in [2.75, 3.05) is 18.4 Å². The summed E-state index contributed by atoms with van der Waals surface area (Å²) in [5.41, 5.74) is 0.324. The van der Waals surface area contributed by atoms with Crippen LogP contribution in [0.5, 0.6) is 0 Å². The van der Waals surface area contributed by atoms with Crippen molar-refractivity contribution in [2.24, 2.45) is 5.92 Å². The Morgan fingerprint density at radius 3 is 2.73 bits per heavy atom. The molecule has 1 aliphatic heterocycles. The van der Waals surface area contributed by atoms with Gasteiger partial charge in [0.25, 0.3) is 0 Å². The minimum absolute atomic E-state index is 0.0843. The zero-order valence-corrected chi connectivity index (χ0v) is 18.6. The second-order valence-corrected chi connectivity index (χ2v) is 10.6. The van der Waals surface area contributed by atoms with E-state index in [0.29, 0.717) is 23.7 Å². The van der Waals surface area contributed by atoms with Crippen LogP contribution in [-0.2, 0) is 14.8 Å². The van der Waals surface area contributed by atoms with Crippen molar-refractivity contribution in [1.29, 1.82) is 0 Å². The highest BCUT2D eigenvalue weighted by molar-refractivity contribution is 7.89. The second-order valence-electron chi connectivity index (χ2n) is 6.81. The van der Waals surface area contributed by atoms with Gasteiger partial charge in [0.05, 0.1) is 0 Å². The van der Waals surface area contributed by atoms with E-state index >= 15 is 0 Å². The van der Waals surface area contributed by atoms with Crippen LogP contribution in [0.3, 0.4) is 0 Å². The molecule has 1 amide bonds. The van der Waals surface area contributed by atoms with E-state index in [-0.39, 0.29) is 35.6 Å². The molecule has 1 aliphatic rings. The third kappa shape index (κ3) is 4.38. The van der Waals surface area contributed by atoms with Gasteiger partial charge in [0, 0.05) is 35.5 Å². The minimum atomic E-state index is -3.78. The number of nitrogens with zero attached hydrogens (tertiary/aromatic N) is 3. The maximum atomic E-state index is 13.3. The zero-order chi connectivity index (χ0) is 21.1. The summed E-state index contributed by atoms with van der Waals surface area (Å²) in [6.45, 7) is 2.14. The van der Waals surface area contributed by atoms with Crippen LogP contribution < -0.4 is 5.32 Å². The summed E-state index contributed by atoms with van der Waals surface area (Å²) in [6, 6.07) is 3.85. The van der Waals surface area contributed by atoms with E-state index in [0.717, 1.165) is 4.88 Å². The summed E-state index contributed by atoms with van der Waals surface area (Å²) in [7, 11) is -3.78. The zero-order valence-electron chi connectivity index (χ0n) is 16.1. The molecule has 1 saturated heterocycles. The van der Waals surface area contributed by atoms with Gasteiger partial charge in [-0.25, -0.2) is 13.4 Å². The van der Waals surface area contributed by atoms with Crippen LogP contribution in [0.2, 0.25) is 0 Å². The molecular weight excluding hydrogens is 444 g/mol. The molecule has 0 aromatic carbocycles. The smallest absolute Gasteiger partial charge is 0.248 e. The first-order chi connectivity index (χ1) is 14.4. The molecule has 8 nitrogen and oxygen atoms in total. The first kappa shape index (κ1) is 20.9. The van der Waals surface area contributed by atoms with E-state index < -0.39 is 10.0 Å². The molecule has 11 heteroatoms. The van der Waals surface area contributed by atoms with Crippen molar-refractivity contribution in [2.45, 2.75) is 24.7 Å². The van der Waals surface area contributed by atoms with Gasteiger partial charge >= 0.3 is 0 Å². The Labute approximate surface area is 182 Å². The summed E-state index contributed by atoms with van der Waals surface area (Å²) in [6.07, 6.45) is 5.95. The average molecular weight is 465 g/mol. The number of hydrogen-bond donors (Lipinski definition) is 1. The van der Waals surface area contributed by atoms with Crippen LogP contribution in [0.25, 0.3) is 12.2 Å². The van der Waals surface area contributed by atoms with Crippen LogP contribution in [0.15, 0.2) is 38.5 Å². The van der Waals surface area contributed by atoms with Crippen LogP contribution in [0.1, 0.15) is 29.2 Å². The molecule has 4 heterocycles. The lowest BCUT2D eigenvalue weighted by Crippen LogP contribution is -2.41. The van der Waals surface area contributed by atoms with Gasteiger partial charge in [-0.05, 0) is 43.4 Å². The fourth-order valence-corrected chi connectivity index (χ4v) is 6.19. The molecule has 3 aromatic heterocycles. The Bertz CT molecular complexity index is 1130. The summed E-state index contributed by atoms with van der Waals surface area (Å²) < 4.78 is 33.2. The number of carbonyl (C=O) groups excluding carboxylic acids is 1. The van der Waals surface area contributed by atoms with Crippen molar-refractivity contribution in [3.05, 3.63) is 45.4 Å². The summed E-state index contributed by atoms with van der Waals surface area (Å²) in [5, 5.41) is 10.9. The molecule has 1 fully saturated rings. The first-order valence-electron chi connectivity index (χ1n) is 9.33.